The summed E-state index contributed by atoms with van der Waals surface area (Å²) < 4.78 is 15.7. The fraction of sp³-hybridized carbons (Fsp3) is 0.467. The summed E-state index contributed by atoms with van der Waals surface area (Å²) in [5.41, 5.74) is 0.307. The van der Waals surface area contributed by atoms with Crippen LogP contribution >= 0.6 is 11.6 Å². The first-order chi connectivity index (χ1) is 11.0. The third kappa shape index (κ3) is 3.86. The molecule has 0 aromatic heterocycles. The Kier molecular flexibility index (Phi) is 5.68. The first-order valence-corrected chi connectivity index (χ1v) is 7.49. The van der Waals surface area contributed by atoms with Crippen LogP contribution in [-0.2, 0) is 9.53 Å². The van der Waals surface area contributed by atoms with Gasteiger partial charge in [0.15, 0.2) is 17.6 Å². The van der Waals surface area contributed by atoms with Crippen molar-refractivity contribution in [2.24, 2.45) is 0 Å². The largest absolute Gasteiger partial charge is 0.493 e. The second-order valence-electron chi connectivity index (χ2n) is 4.87. The van der Waals surface area contributed by atoms with E-state index in [2.05, 4.69) is 0 Å². The molecule has 0 saturated carbocycles. The molecule has 0 bridgehead atoms. The minimum absolute atomic E-state index is 0.0126. The number of morpholine rings is 1. The number of carbonyl (C=O) groups excluding carboxylic acids is 1. The minimum atomic E-state index is -1.09. The lowest BCUT2D eigenvalue weighted by Gasteiger charge is -2.31. The molecule has 1 aliphatic heterocycles. The number of halogens is 1. The van der Waals surface area contributed by atoms with Gasteiger partial charge in [-0.05, 0) is 19.1 Å². The van der Waals surface area contributed by atoms with Crippen molar-refractivity contribution in [3.63, 3.8) is 0 Å². The van der Waals surface area contributed by atoms with Crippen LogP contribution in [0.15, 0.2) is 12.1 Å². The van der Waals surface area contributed by atoms with E-state index in [1.165, 1.54) is 24.1 Å². The van der Waals surface area contributed by atoms with Crippen molar-refractivity contribution in [1.29, 1.82) is 0 Å². The van der Waals surface area contributed by atoms with Crippen molar-refractivity contribution in [2.45, 2.75) is 13.0 Å². The van der Waals surface area contributed by atoms with Gasteiger partial charge in [0, 0.05) is 12.1 Å². The molecule has 7 nitrogen and oxygen atoms in total. The van der Waals surface area contributed by atoms with Crippen LogP contribution in [-0.4, -0.2) is 61.4 Å². The molecule has 1 aliphatic rings. The Hall–Kier alpha value is -1.99. The fourth-order valence-corrected chi connectivity index (χ4v) is 2.56. The highest BCUT2D eigenvalue weighted by Gasteiger charge is 2.30. The van der Waals surface area contributed by atoms with Crippen LogP contribution in [0.1, 0.15) is 17.3 Å². The van der Waals surface area contributed by atoms with Crippen LogP contribution in [0.2, 0.25) is 5.02 Å². The number of hydrogen-bond acceptors (Lipinski definition) is 5. The van der Waals surface area contributed by atoms with E-state index in [9.17, 15) is 9.59 Å². The number of carboxylic acids is 1. The molecule has 1 atom stereocenters. The molecule has 1 unspecified atom stereocenters. The van der Waals surface area contributed by atoms with Crippen LogP contribution in [0.3, 0.4) is 0 Å². The van der Waals surface area contributed by atoms with Gasteiger partial charge in [-0.2, -0.15) is 0 Å². The van der Waals surface area contributed by atoms with Crippen molar-refractivity contribution in [2.75, 3.05) is 33.4 Å². The second kappa shape index (κ2) is 7.52. The van der Waals surface area contributed by atoms with Crippen molar-refractivity contribution in [3.8, 4) is 11.5 Å². The number of rotatable bonds is 5. The van der Waals surface area contributed by atoms with Crippen LogP contribution < -0.4 is 9.47 Å². The molecule has 0 radical (unpaired) electrons. The molecule has 1 N–H and O–H groups in total. The Morgan fingerprint density at radius 2 is 2.22 bits per heavy atom. The number of nitrogens with zero attached hydrogens (tertiary/aromatic N) is 1. The highest BCUT2D eigenvalue weighted by molar-refractivity contribution is 6.32. The number of amides is 1. The molecular formula is C15H18ClNO6. The van der Waals surface area contributed by atoms with E-state index in [4.69, 9.17) is 30.9 Å². The fourth-order valence-electron chi connectivity index (χ4n) is 2.29. The van der Waals surface area contributed by atoms with Gasteiger partial charge in [-0.3, -0.25) is 4.79 Å². The molecule has 1 saturated heterocycles. The normalized spacial score (nSPS) is 17.7. The van der Waals surface area contributed by atoms with E-state index in [0.717, 1.165) is 0 Å². The number of ether oxygens (including phenoxy) is 3. The lowest BCUT2D eigenvalue weighted by Crippen LogP contribution is -2.48. The molecule has 1 amide bonds. The van der Waals surface area contributed by atoms with Crippen molar-refractivity contribution in [1.82, 2.24) is 4.90 Å². The molecule has 1 heterocycles. The van der Waals surface area contributed by atoms with Crippen molar-refractivity contribution < 1.29 is 28.9 Å². The van der Waals surface area contributed by atoms with Gasteiger partial charge in [0.25, 0.3) is 5.91 Å². The topological polar surface area (TPSA) is 85.3 Å². The molecule has 1 fully saturated rings. The Labute approximate surface area is 138 Å². The Balaban J connectivity index is 2.25. The molecule has 126 valence electrons. The van der Waals surface area contributed by atoms with Gasteiger partial charge in [0.05, 0.1) is 31.9 Å². The van der Waals surface area contributed by atoms with Gasteiger partial charge in [0.1, 0.15) is 0 Å². The predicted octanol–water partition coefficient (Wildman–Crippen LogP) is 1.67. The molecule has 1 aromatic carbocycles. The van der Waals surface area contributed by atoms with Crippen molar-refractivity contribution in [3.05, 3.63) is 22.7 Å². The van der Waals surface area contributed by atoms with E-state index >= 15 is 0 Å². The van der Waals surface area contributed by atoms with Crippen LogP contribution in [0.25, 0.3) is 0 Å². The zero-order chi connectivity index (χ0) is 17.0. The molecule has 2 rings (SSSR count). The summed E-state index contributed by atoms with van der Waals surface area (Å²) in [5.74, 6) is -0.697. The summed E-state index contributed by atoms with van der Waals surface area (Å²) in [4.78, 5) is 25.0. The van der Waals surface area contributed by atoms with Gasteiger partial charge < -0.3 is 24.2 Å². The predicted molar refractivity (Wildman–Crippen MR) is 82.5 cm³/mol. The number of carboxylic acid groups (broad SMARTS) is 1. The van der Waals surface area contributed by atoms with E-state index in [0.29, 0.717) is 30.2 Å². The lowest BCUT2D eigenvalue weighted by atomic mass is 10.1. The first-order valence-electron chi connectivity index (χ1n) is 7.12. The second-order valence-corrected chi connectivity index (χ2v) is 5.28. The molecule has 8 heteroatoms. The summed E-state index contributed by atoms with van der Waals surface area (Å²) in [6, 6.07) is 3.02. The van der Waals surface area contributed by atoms with E-state index in [1.807, 2.05) is 6.92 Å². The van der Waals surface area contributed by atoms with Gasteiger partial charge >= 0.3 is 5.97 Å². The van der Waals surface area contributed by atoms with Crippen LogP contribution in [0, 0.1) is 0 Å². The maximum atomic E-state index is 12.6. The summed E-state index contributed by atoms with van der Waals surface area (Å²) >= 11 is 6.16. The third-order valence-corrected chi connectivity index (χ3v) is 3.67. The average Bonchev–Trinajstić information content (AvgIpc) is 2.56. The maximum Gasteiger partial charge on any atom is 0.334 e. The van der Waals surface area contributed by atoms with Gasteiger partial charge in [0.2, 0.25) is 0 Å². The number of carbonyl (C=O) groups is 2. The molecule has 0 spiro atoms. The van der Waals surface area contributed by atoms with Crippen LogP contribution in [0.5, 0.6) is 11.5 Å². The zero-order valence-electron chi connectivity index (χ0n) is 12.9. The average molecular weight is 344 g/mol. The highest BCUT2D eigenvalue weighted by atomic mass is 35.5. The quantitative estimate of drug-likeness (QED) is 0.875. The van der Waals surface area contributed by atoms with Gasteiger partial charge in [-0.25, -0.2) is 4.79 Å². The minimum Gasteiger partial charge on any atom is -0.493 e. The molecule has 0 aliphatic carbocycles. The van der Waals surface area contributed by atoms with Gasteiger partial charge in [-0.1, -0.05) is 11.6 Å². The lowest BCUT2D eigenvalue weighted by molar-refractivity contribution is -0.154. The summed E-state index contributed by atoms with van der Waals surface area (Å²) in [7, 11) is 1.46. The summed E-state index contributed by atoms with van der Waals surface area (Å²) in [5, 5.41) is 9.27. The number of methoxy groups -OCH3 is 1. The van der Waals surface area contributed by atoms with E-state index < -0.39 is 12.1 Å². The first kappa shape index (κ1) is 17.4. The molecule has 23 heavy (non-hydrogen) atoms. The Morgan fingerprint density at radius 1 is 1.48 bits per heavy atom. The standard InChI is InChI=1S/C15H18ClNO6/c1-3-22-13-10(16)6-9(7-11(13)21-2)14(18)17-4-5-23-12(8-17)15(19)20/h6-7,12H,3-5,8H2,1-2H3,(H,19,20). The van der Waals surface area contributed by atoms with E-state index in [-0.39, 0.29) is 24.1 Å². The van der Waals surface area contributed by atoms with E-state index in [1.54, 1.807) is 0 Å². The highest BCUT2D eigenvalue weighted by Crippen LogP contribution is 2.36. The maximum absolute atomic E-state index is 12.6. The smallest absolute Gasteiger partial charge is 0.334 e. The SMILES string of the molecule is CCOc1c(Cl)cc(C(=O)N2CCOC(C(=O)O)C2)cc1OC. The molecular weight excluding hydrogens is 326 g/mol. The Bertz CT molecular complexity index is 606. The monoisotopic (exact) mass is 343 g/mol. The molecule has 1 aromatic rings. The third-order valence-electron chi connectivity index (χ3n) is 3.39. The summed E-state index contributed by atoms with van der Waals surface area (Å²) in [6.45, 7) is 2.70. The summed E-state index contributed by atoms with van der Waals surface area (Å²) in [6.07, 6.45) is -1.02. The number of hydrogen-bond donors (Lipinski definition) is 1. The van der Waals surface area contributed by atoms with Gasteiger partial charge in [-0.15, -0.1) is 0 Å². The van der Waals surface area contributed by atoms with Crippen molar-refractivity contribution >= 4 is 23.5 Å². The zero-order valence-corrected chi connectivity index (χ0v) is 13.6. The number of benzene rings is 1. The Morgan fingerprint density at radius 3 is 2.83 bits per heavy atom. The van der Waals surface area contributed by atoms with Crippen LogP contribution in [0.4, 0.5) is 0 Å². The number of aliphatic carboxylic acids is 1.